The van der Waals surface area contributed by atoms with E-state index in [9.17, 15) is 14.9 Å². The number of benzene rings is 1. The van der Waals surface area contributed by atoms with Crippen LogP contribution >= 0.6 is 0 Å². The Labute approximate surface area is 128 Å². The van der Waals surface area contributed by atoms with Crippen molar-refractivity contribution in [3.8, 4) is 11.3 Å². The van der Waals surface area contributed by atoms with Gasteiger partial charge in [-0.05, 0) is 29.7 Å². The molecule has 2 aromatic rings. The molecule has 0 bridgehead atoms. The topological polar surface area (TPSA) is 91.2 Å². The van der Waals surface area contributed by atoms with E-state index in [-0.39, 0.29) is 17.8 Å². The van der Waals surface area contributed by atoms with Crippen molar-refractivity contribution in [2.45, 2.75) is 26.9 Å². The van der Waals surface area contributed by atoms with Crippen molar-refractivity contribution in [1.82, 2.24) is 4.57 Å². The van der Waals surface area contributed by atoms with Gasteiger partial charge in [0.25, 0.3) is 11.2 Å². The Bertz CT molecular complexity index is 733. The molecule has 1 heterocycles. The lowest BCUT2D eigenvalue weighted by Gasteiger charge is -2.16. The number of nitro benzene ring substituents is 1. The highest BCUT2D eigenvalue weighted by atomic mass is 16.6. The Hall–Kier alpha value is -2.47. The normalized spacial score (nSPS) is 10.9. The summed E-state index contributed by atoms with van der Waals surface area (Å²) in [6.07, 6.45) is 0. The molecule has 6 nitrogen and oxygen atoms in total. The third kappa shape index (κ3) is 3.23. The van der Waals surface area contributed by atoms with Crippen LogP contribution in [0.1, 0.15) is 19.4 Å². The van der Waals surface area contributed by atoms with Gasteiger partial charge in [0.2, 0.25) is 0 Å². The second-order valence-corrected chi connectivity index (χ2v) is 5.56. The number of hydrogen-bond donors (Lipinski definition) is 1. The quantitative estimate of drug-likeness (QED) is 0.678. The summed E-state index contributed by atoms with van der Waals surface area (Å²) in [6.45, 7) is 4.82. The zero-order valence-corrected chi connectivity index (χ0v) is 12.7. The molecule has 0 unspecified atom stereocenters. The minimum atomic E-state index is -0.442. The fraction of sp³-hybridized carbons (Fsp3) is 0.312. The van der Waals surface area contributed by atoms with Crippen molar-refractivity contribution in [2.75, 3.05) is 0 Å². The van der Waals surface area contributed by atoms with Crippen molar-refractivity contribution >= 4 is 5.69 Å². The van der Waals surface area contributed by atoms with Gasteiger partial charge in [-0.2, -0.15) is 0 Å². The largest absolute Gasteiger partial charge is 0.326 e. The lowest BCUT2D eigenvalue weighted by molar-refractivity contribution is -0.384. The summed E-state index contributed by atoms with van der Waals surface area (Å²) in [5.41, 5.74) is 7.60. The van der Waals surface area contributed by atoms with Crippen LogP contribution in [0.5, 0.6) is 0 Å². The van der Waals surface area contributed by atoms with Crippen LogP contribution in [0.4, 0.5) is 5.69 Å². The number of aromatic nitrogens is 1. The molecule has 0 saturated carbocycles. The Morgan fingerprint density at radius 1 is 1.18 bits per heavy atom. The maximum Gasteiger partial charge on any atom is 0.269 e. The van der Waals surface area contributed by atoms with Crippen LogP contribution in [0.25, 0.3) is 11.3 Å². The van der Waals surface area contributed by atoms with Crippen LogP contribution in [-0.2, 0) is 13.1 Å². The molecule has 0 aliphatic heterocycles. The van der Waals surface area contributed by atoms with Crippen LogP contribution in [0.3, 0.4) is 0 Å². The summed E-state index contributed by atoms with van der Waals surface area (Å²) in [7, 11) is 0. The van der Waals surface area contributed by atoms with Gasteiger partial charge < -0.3 is 10.3 Å². The summed E-state index contributed by atoms with van der Waals surface area (Å²) in [5.74, 6) is 0.294. The summed E-state index contributed by atoms with van der Waals surface area (Å²) < 4.78 is 1.69. The van der Waals surface area contributed by atoms with E-state index in [1.165, 1.54) is 12.1 Å². The first-order valence-electron chi connectivity index (χ1n) is 7.11. The molecule has 22 heavy (non-hydrogen) atoms. The minimum absolute atomic E-state index is 0.0279. The van der Waals surface area contributed by atoms with Crippen LogP contribution in [-0.4, -0.2) is 9.49 Å². The van der Waals surface area contributed by atoms with Gasteiger partial charge >= 0.3 is 0 Å². The van der Waals surface area contributed by atoms with E-state index in [1.54, 1.807) is 22.8 Å². The molecule has 0 saturated heterocycles. The summed E-state index contributed by atoms with van der Waals surface area (Å²) in [5, 5.41) is 10.7. The van der Waals surface area contributed by atoms with Gasteiger partial charge in [-0.25, -0.2) is 0 Å². The van der Waals surface area contributed by atoms with Crippen LogP contribution in [0, 0.1) is 16.0 Å². The fourth-order valence-electron chi connectivity index (χ4n) is 2.33. The number of rotatable bonds is 5. The monoisotopic (exact) mass is 301 g/mol. The average molecular weight is 301 g/mol. The zero-order chi connectivity index (χ0) is 16.3. The maximum atomic E-state index is 12.5. The standard InChI is InChI=1S/C16H19N3O3/c1-11(2)10-18-15(8-5-13(9-17)16(18)20)12-3-6-14(7-4-12)19(21)22/h3-8,11H,9-10,17H2,1-2H3. The van der Waals surface area contributed by atoms with Crippen LogP contribution in [0.15, 0.2) is 41.2 Å². The SMILES string of the molecule is CC(C)Cn1c(-c2ccc([N+](=O)[O-])cc2)ccc(CN)c1=O. The molecule has 2 rings (SSSR count). The maximum absolute atomic E-state index is 12.5. The van der Waals surface area contributed by atoms with Crippen molar-refractivity contribution < 1.29 is 4.92 Å². The number of nitro groups is 1. The first-order chi connectivity index (χ1) is 10.4. The van der Waals surface area contributed by atoms with Gasteiger partial charge in [-0.15, -0.1) is 0 Å². The number of pyridine rings is 1. The molecule has 0 aliphatic carbocycles. The zero-order valence-electron chi connectivity index (χ0n) is 12.7. The Morgan fingerprint density at radius 2 is 1.82 bits per heavy atom. The highest BCUT2D eigenvalue weighted by molar-refractivity contribution is 5.61. The summed E-state index contributed by atoms with van der Waals surface area (Å²) in [4.78, 5) is 22.8. The minimum Gasteiger partial charge on any atom is -0.326 e. The second kappa shape index (κ2) is 6.53. The second-order valence-electron chi connectivity index (χ2n) is 5.56. The number of hydrogen-bond acceptors (Lipinski definition) is 4. The molecule has 0 spiro atoms. The molecule has 0 aliphatic rings. The molecule has 116 valence electrons. The first-order valence-corrected chi connectivity index (χ1v) is 7.11. The van der Waals surface area contributed by atoms with Crippen molar-refractivity contribution in [3.63, 3.8) is 0 Å². The number of non-ortho nitro benzene ring substituents is 1. The van der Waals surface area contributed by atoms with Gasteiger partial charge in [0.1, 0.15) is 0 Å². The molecular formula is C16H19N3O3. The third-order valence-electron chi connectivity index (χ3n) is 3.39. The van der Waals surface area contributed by atoms with E-state index < -0.39 is 4.92 Å². The van der Waals surface area contributed by atoms with Crippen molar-refractivity contribution in [1.29, 1.82) is 0 Å². The first kappa shape index (κ1) is 15.9. The van der Waals surface area contributed by atoms with Crippen molar-refractivity contribution in [3.05, 3.63) is 62.4 Å². The molecule has 6 heteroatoms. The van der Waals surface area contributed by atoms with Gasteiger partial charge in [0.05, 0.1) is 10.6 Å². The van der Waals surface area contributed by atoms with E-state index in [2.05, 4.69) is 0 Å². The van der Waals surface area contributed by atoms with Gasteiger partial charge in [0, 0.05) is 30.8 Å². The van der Waals surface area contributed by atoms with E-state index in [0.717, 1.165) is 11.3 Å². The third-order valence-corrected chi connectivity index (χ3v) is 3.39. The molecular weight excluding hydrogens is 282 g/mol. The predicted molar refractivity (Wildman–Crippen MR) is 85.5 cm³/mol. The highest BCUT2D eigenvalue weighted by Crippen LogP contribution is 2.22. The molecule has 0 radical (unpaired) electrons. The molecule has 2 N–H and O–H groups in total. The van der Waals surface area contributed by atoms with E-state index >= 15 is 0 Å². The van der Waals surface area contributed by atoms with Gasteiger partial charge in [-0.1, -0.05) is 19.9 Å². The van der Waals surface area contributed by atoms with Gasteiger partial charge in [-0.3, -0.25) is 14.9 Å². The average Bonchev–Trinajstić information content (AvgIpc) is 2.49. The molecule has 1 aromatic heterocycles. The number of nitrogens with two attached hydrogens (primary N) is 1. The van der Waals surface area contributed by atoms with Crippen LogP contribution < -0.4 is 11.3 Å². The lowest BCUT2D eigenvalue weighted by Crippen LogP contribution is -2.28. The number of nitrogens with zero attached hydrogens (tertiary/aromatic N) is 2. The van der Waals surface area contributed by atoms with E-state index in [0.29, 0.717) is 18.0 Å². The van der Waals surface area contributed by atoms with E-state index in [4.69, 9.17) is 5.73 Å². The molecule has 0 atom stereocenters. The Morgan fingerprint density at radius 3 is 2.32 bits per heavy atom. The van der Waals surface area contributed by atoms with E-state index in [1.807, 2.05) is 19.9 Å². The Kier molecular flexibility index (Phi) is 4.72. The molecule has 1 aromatic carbocycles. The molecule has 0 fully saturated rings. The highest BCUT2D eigenvalue weighted by Gasteiger charge is 2.12. The Balaban J connectivity index is 2.56. The lowest BCUT2D eigenvalue weighted by atomic mass is 10.1. The summed E-state index contributed by atoms with van der Waals surface area (Å²) in [6, 6.07) is 9.76. The molecule has 0 amide bonds. The fourth-order valence-corrected chi connectivity index (χ4v) is 2.33. The van der Waals surface area contributed by atoms with Gasteiger partial charge in [0.15, 0.2) is 0 Å². The predicted octanol–water partition coefficient (Wildman–Crippen LogP) is 2.54. The van der Waals surface area contributed by atoms with Crippen LogP contribution in [0.2, 0.25) is 0 Å². The summed E-state index contributed by atoms with van der Waals surface area (Å²) >= 11 is 0. The smallest absolute Gasteiger partial charge is 0.269 e. The van der Waals surface area contributed by atoms with Crippen molar-refractivity contribution in [2.24, 2.45) is 11.7 Å².